The van der Waals surface area contributed by atoms with Gasteiger partial charge in [0, 0.05) is 6.42 Å². The number of nitriles is 1. The molecule has 27 heavy (non-hydrogen) atoms. The Labute approximate surface area is 155 Å². The zero-order valence-corrected chi connectivity index (χ0v) is 14.5. The molecule has 1 unspecified atom stereocenters. The molecule has 2 aromatic rings. The van der Waals surface area contributed by atoms with E-state index in [4.69, 9.17) is 19.5 Å². The molecule has 7 heteroatoms. The molecule has 0 bridgehead atoms. The molecule has 0 N–H and O–H groups in total. The molecule has 2 aromatic carbocycles. The second kappa shape index (κ2) is 8.31. The Kier molecular flexibility index (Phi) is 5.87. The fourth-order valence-corrected chi connectivity index (χ4v) is 2.78. The number of rotatable bonds is 5. The summed E-state index contributed by atoms with van der Waals surface area (Å²) in [6.45, 7) is 0.750. The maximum Gasteiger partial charge on any atom is 0.417 e. The van der Waals surface area contributed by atoms with Gasteiger partial charge in [0.05, 0.1) is 23.8 Å². The number of alkyl halides is 3. The SMILES string of the molecule is N#Cc1ccc(OCc2cccc(OC3CCCCO3)c2)cc1C(F)(F)F. The van der Waals surface area contributed by atoms with Crippen LogP contribution in [0.4, 0.5) is 13.2 Å². The predicted molar refractivity (Wildman–Crippen MR) is 91.2 cm³/mol. The molecule has 0 aromatic heterocycles. The summed E-state index contributed by atoms with van der Waals surface area (Å²) in [6, 6.07) is 12.0. The van der Waals surface area contributed by atoms with Crippen molar-refractivity contribution in [1.29, 1.82) is 5.26 Å². The van der Waals surface area contributed by atoms with Crippen molar-refractivity contribution in [2.75, 3.05) is 6.61 Å². The van der Waals surface area contributed by atoms with Gasteiger partial charge in [-0.25, -0.2) is 0 Å². The van der Waals surface area contributed by atoms with E-state index in [1.807, 2.05) is 0 Å². The van der Waals surface area contributed by atoms with Crippen LogP contribution in [0.5, 0.6) is 11.5 Å². The average molecular weight is 377 g/mol. The van der Waals surface area contributed by atoms with Crippen molar-refractivity contribution in [3.8, 4) is 17.6 Å². The molecular weight excluding hydrogens is 359 g/mol. The zero-order valence-electron chi connectivity index (χ0n) is 14.5. The van der Waals surface area contributed by atoms with Crippen molar-refractivity contribution in [2.45, 2.75) is 38.3 Å². The highest BCUT2D eigenvalue weighted by Gasteiger charge is 2.34. The van der Waals surface area contributed by atoms with Crippen LogP contribution in [0.1, 0.15) is 36.0 Å². The highest BCUT2D eigenvalue weighted by atomic mass is 19.4. The maximum absolute atomic E-state index is 13.0. The molecule has 1 aliphatic heterocycles. The molecule has 4 nitrogen and oxygen atoms in total. The van der Waals surface area contributed by atoms with Gasteiger partial charge >= 0.3 is 6.18 Å². The third-order valence-corrected chi connectivity index (χ3v) is 4.13. The van der Waals surface area contributed by atoms with E-state index in [1.165, 1.54) is 6.07 Å². The lowest BCUT2D eigenvalue weighted by molar-refractivity contribution is -0.137. The Morgan fingerprint density at radius 2 is 1.96 bits per heavy atom. The molecule has 3 rings (SSSR count). The van der Waals surface area contributed by atoms with Crippen molar-refractivity contribution in [3.05, 3.63) is 59.2 Å². The van der Waals surface area contributed by atoms with Gasteiger partial charge in [0.25, 0.3) is 0 Å². The summed E-state index contributed by atoms with van der Waals surface area (Å²) in [5.41, 5.74) is -0.687. The summed E-state index contributed by atoms with van der Waals surface area (Å²) >= 11 is 0. The summed E-state index contributed by atoms with van der Waals surface area (Å²) in [7, 11) is 0. The Hall–Kier alpha value is -2.72. The van der Waals surface area contributed by atoms with Crippen LogP contribution in [0.3, 0.4) is 0 Å². The van der Waals surface area contributed by atoms with E-state index in [2.05, 4.69) is 0 Å². The van der Waals surface area contributed by atoms with E-state index in [9.17, 15) is 13.2 Å². The molecule has 1 heterocycles. The van der Waals surface area contributed by atoms with Crippen molar-refractivity contribution in [1.82, 2.24) is 0 Å². The number of hydrogen-bond acceptors (Lipinski definition) is 4. The Bertz CT molecular complexity index is 824. The van der Waals surface area contributed by atoms with E-state index in [-0.39, 0.29) is 18.6 Å². The Morgan fingerprint density at radius 1 is 1.11 bits per heavy atom. The smallest absolute Gasteiger partial charge is 0.417 e. The predicted octanol–water partition coefficient (Wildman–Crippen LogP) is 5.06. The molecule has 0 spiro atoms. The minimum Gasteiger partial charge on any atom is -0.489 e. The molecule has 1 fully saturated rings. The van der Waals surface area contributed by atoms with Crippen LogP contribution in [-0.2, 0) is 17.5 Å². The standard InChI is InChI=1S/C20H18F3NO3/c21-20(22,23)18-11-16(8-7-15(18)12-24)26-13-14-4-3-5-17(10-14)27-19-6-1-2-9-25-19/h3-5,7-8,10-11,19H,1-2,6,9,13H2. The van der Waals surface area contributed by atoms with Gasteiger partial charge in [-0.05, 0) is 48.7 Å². The quantitative estimate of drug-likeness (QED) is 0.731. The van der Waals surface area contributed by atoms with E-state index in [0.717, 1.165) is 37.0 Å². The van der Waals surface area contributed by atoms with Crippen LogP contribution < -0.4 is 9.47 Å². The fraction of sp³-hybridized carbons (Fsp3) is 0.350. The van der Waals surface area contributed by atoms with Gasteiger partial charge < -0.3 is 14.2 Å². The fourth-order valence-electron chi connectivity index (χ4n) is 2.78. The van der Waals surface area contributed by atoms with E-state index in [1.54, 1.807) is 30.3 Å². The van der Waals surface area contributed by atoms with Crippen LogP contribution in [0.15, 0.2) is 42.5 Å². The summed E-state index contributed by atoms with van der Waals surface area (Å²) in [4.78, 5) is 0. The second-order valence-electron chi connectivity index (χ2n) is 6.17. The molecule has 142 valence electrons. The van der Waals surface area contributed by atoms with Crippen molar-refractivity contribution in [3.63, 3.8) is 0 Å². The largest absolute Gasteiger partial charge is 0.489 e. The van der Waals surface area contributed by atoms with E-state index in [0.29, 0.717) is 12.4 Å². The molecule has 1 atom stereocenters. The lowest BCUT2D eigenvalue weighted by atomic mass is 10.1. The van der Waals surface area contributed by atoms with Gasteiger partial charge in [-0.1, -0.05) is 12.1 Å². The molecular formula is C20H18F3NO3. The van der Waals surface area contributed by atoms with Crippen LogP contribution in [0.25, 0.3) is 0 Å². The molecule has 1 saturated heterocycles. The van der Waals surface area contributed by atoms with Gasteiger partial charge in [0.2, 0.25) is 0 Å². The number of ether oxygens (including phenoxy) is 3. The number of benzene rings is 2. The third kappa shape index (κ3) is 5.14. The van der Waals surface area contributed by atoms with Gasteiger partial charge in [-0.3, -0.25) is 0 Å². The first kappa shape index (κ1) is 19.1. The average Bonchev–Trinajstić information content (AvgIpc) is 2.66. The molecule has 1 aliphatic rings. The lowest BCUT2D eigenvalue weighted by Gasteiger charge is -2.23. The van der Waals surface area contributed by atoms with Gasteiger partial charge in [0.15, 0.2) is 6.29 Å². The van der Waals surface area contributed by atoms with Crippen molar-refractivity contribution >= 4 is 0 Å². The van der Waals surface area contributed by atoms with Crippen LogP contribution >= 0.6 is 0 Å². The third-order valence-electron chi connectivity index (χ3n) is 4.13. The molecule has 0 aliphatic carbocycles. The number of hydrogen-bond donors (Lipinski definition) is 0. The normalized spacial score (nSPS) is 17.2. The molecule has 0 amide bonds. The van der Waals surface area contributed by atoms with Crippen molar-refractivity contribution < 1.29 is 27.4 Å². The Balaban J connectivity index is 1.66. The first-order valence-electron chi connectivity index (χ1n) is 8.57. The van der Waals surface area contributed by atoms with Crippen LogP contribution in [-0.4, -0.2) is 12.9 Å². The zero-order chi connectivity index (χ0) is 19.3. The summed E-state index contributed by atoms with van der Waals surface area (Å²) in [5.74, 6) is 0.669. The Morgan fingerprint density at radius 3 is 2.67 bits per heavy atom. The minimum atomic E-state index is -4.61. The number of nitrogens with zero attached hydrogens (tertiary/aromatic N) is 1. The highest BCUT2D eigenvalue weighted by Crippen LogP contribution is 2.34. The lowest BCUT2D eigenvalue weighted by Crippen LogP contribution is -2.25. The summed E-state index contributed by atoms with van der Waals surface area (Å²) < 4.78 is 55.8. The van der Waals surface area contributed by atoms with Gasteiger partial charge in [-0.15, -0.1) is 0 Å². The molecule has 0 radical (unpaired) electrons. The summed E-state index contributed by atoms with van der Waals surface area (Å²) in [6.07, 6.45) is -1.99. The monoisotopic (exact) mass is 377 g/mol. The van der Waals surface area contributed by atoms with Crippen molar-refractivity contribution in [2.24, 2.45) is 0 Å². The first-order valence-corrected chi connectivity index (χ1v) is 8.57. The second-order valence-corrected chi connectivity index (χ2v) is 6.17. The summed E-state index contributed by atoms with van der Waals surface area (Å²) in [5, 5.41) is 8.83. The van der Waals surface area contributed by atoms with Crippen LogP contribution in [0.2, 0.25) is 0 Å². The molecule has 0 saturated carbocycles. The van der Waals surface area contributed by atoms with Crippen LogP contribution in [0, 0.1) is 11.3 Å². The topological polar surface area (TPSA) is 51.5 Å². The highest BCUT2D eigenvalue weighted by molar-refractivity contribution is 5.44. The van der Waals surface area contributed by atoms with Gasteiger partial charge in [0.1, 0.15) is 18.1 Å². The maximum atomic E-state index is 13.0. The van der Waals surface area contributed by atoms with E-state index < -0.39 is 17.3 Å². The van der Waals surface area contributed by atoms with E-state index >= 15 is 0 Å². The van der Waals surface area contributed by atoms with Gasteiger partial charge in [-0.2, -0.15) is 18.4 Å². The minimum absolute atomic E-state index is 0.0447. The first-order chi connectivity index (χ1) is 13.0. The number of halogens is 3.